The molecule has 0 aliphatic heterocycles. The Balaban J connectivity index is 3.25. The van der Waals surface area contributed by atoms with Crippen LogP contribution in [0.15, 0.2) is 28.7 Å². The topological polar surface area (TPSA) is 63.6 Å². The van der Waals surface area contributed by atoms with Crippen LogP contribution in [-0.2, 0) is 19.7 Å². The number of carboxylic acid groups (broad SMARTS) is 1. The minimum atomic E-state index is -1.64. The first-order valence-electron chi connectivity index (χ1n) is 6.73. The van der Waals surface area contributed by atoms with E-state index in [1.165, 1.54) is 0 Å². The molecule has 4 nitrogen and oxygen atoms in total. The molecule has 1 rings (SSSR count). The van der Waals surface area contributed by atoms with E-state index >= 15 is 0 Å². The number of halogens is 1. The number of benzene rings is 1. The molecule has 1 atom stereocenters. The molecule has 0 fully saturated rings. The molecule has 0 saturated heterocycles. The van der Waals surface area contributed by atoms with Crippen LogP contribution in [0.1, 0.15) is 25.8 Å². The van der Waals surface area contributed by atoms with Gasteiger partial charge in [-0.05, 0) is 42.5 Å². The highest BCUT2D eigenvalue weighted by Gasteiger charge is 2.48. The number of thioether (sulfide) groups is 1. The molecular weight excluding hydrogens is 356 g/mol. The third kappa shape index (κ3) is 4.23. The van der Waals surface area contributed by atoms with Gasteiger partial charge in [0, 0.05) is 4.47 Å². The lowest BCUT2D eigenvalue weighted by Crippen LogP contribution is -2.45. The summed E-state index contributed by atoms with van der Waals surface area (Å²) in [6.45, 7) is 3.83. The zero-order chi connectivity index (χ0) is 15.9. The molecule has 1 aromatic rings. The number of esters is 1. The highest BCUT2D eigenvalue weighted by molar-refractivity contribution is 9.10. The van der Waals surface area contributed by atoms with Crippen LogP contribution in [0.25, 0.3) is 0 Å². The van der Waals surface area contributed by atoms with E-state index in [1.807, 2.05) is 6.92 Å². The van der Waals surface area contributed by atoms with Crippen LogP contribution in [0, 0.1) is 0 Å². The molecule has 0 aliphatic carbocycles. The molecule has 0 amide bonds. The van der Waals surface area contributed by atoms with Crippen molar-refractivity contribution in [3.63, 3.8) is 0 Å². The van der Waals surface area contributed by atoms with E-state index in [1.54, 1.807) is 43.0 Å². The van der Waals surface area contributed by atoms with Crippen molar-refractivity contribution in [2.45, 2.75) is 25.7 Å². The average Bonchev–Trinajstić information content (AvgIpc) is 2.45. The maximum atomic E-state index is 12.4. The first-order chi connectivity index (χ1) is 9.98. The van der Waals surface area contributed by atoms with E-state index in [9.17, 15) is 14.7 Å². The number of hydrogen-bond acceptors (Lipinski definition) is 4. The molecule has 0 saturated carbocycles. The second-order valence-corrected chi connectivity index (χ2v) is 6.69. The number of carbonyl (C=O) groups excluding carboxylic acids is 1. The third-order valence-electron chi connectivity index (χ3n) is 3.15. The summed E-state index contributed by atoms with van der Waals surface area (Å²) in [4.78, 5) is 24.3. The summed E-state index contributed by atoms with van der Waals surface area (Å²) in [6, 6.07) is 6.79. The first-order valence-corrected chi connectivity index (χ1v) is 8.68. The molecule has 0 aromatic heterocycles. The second kappa shape index (κ2) is 8.44. The minimum absolute atomic E-state index is 0.158. The summed E-state index contributed by atoms with van der Waals surface area (Å²) in [5.41, 5.74) is -1.19. The molecule has 0 aliphatic rings. The quantitative estimate of drug-likeness (QED) is 0.428. The van der Waals surface area contributed by atoms with Crippen LogP contribution < -0.4 is 0 Å². The number of ether oxygens (including phenoxy) is 1. The molecular formula is C15H19BrO4S. The molecule has 0 spiro atoms. The summed E-state index contributed by atoms with van der Waals surface area (Å²) in [6.07, 6.45) is 0.210. The van der Waals surface area contributed by atoms with E-state index in [0.717, 1.165) is 10.2 Å². The zero-order valence-electron chi connectivity index (χ0n) is 12.1. The van der Waals surface area contributed by atoms with Gasteiger partial charge in [0.15, 0.2) is 5.41 Å². The van der Waals surface area contributed by atoms with Crippen molar-refractivity contribution < 1.29 is 19.4 Å². The van der Waals surface area contributed by atoms with Crippen LogP contribution in [-0.4, -0.2) is 35.2 Å². The Labute approximate surface area is 137 Å². The first kappa shape index (κ1) is 18.0. The van der Waals surface area contributed by atoms with Gasteiger partial charge in [0.1, 0.15) is 0 Å². The fraction of sp³-hybridized carbons (Fsp3) is 0.467. The van der Waals surface area contributed by atoms with Crippen molar-refractivity contribution >= 4 is 39.6 Å². The smallest absolute Gasteiger partial charge is 0.328 e. The summed E-state index contributed by atoms with van der Waals surface area (Å²) in [7, 11) is 0. The normalized spacial score (nSPS) is 13.5. The Hall–Kier alpha value is -1.01. The Kier molecular flexibility index (Phi) is 7.25. The van der Waals surface area contributed by atoms with Crippen LogP contribution in [0.4, 0.5) is 0 Å². The van der Waals surface area contributed by atoms with Gasteiger partial charge in [0.25, 0.3) is 0 Å². The molecule has 0 bridgehead atoms. The van der Waals surface area contributed by atoms with E-state index in [-0.39, 0.29) is 13.0 Å². The zero-order valence-corrected chi connectivity index (χ0v) is 14.5. The standard InChI is InChI=1S/C15H19BrO4S/c1-3-20-14(19)15(13(17)18,9-10-21-4-2)11-5-7-12(16)8-6-11/h5-8H,3-4,9-10H2,1-2H3,(H,17,18). The SMILES string of the molecule is CCOC(=O)C(CCSCC)(C(=O)O)c1ccc(Br)cc1. The Bertz CT molecular complexity index is 489. The Morgan fingerprint density at radius 1 is 1.29 bits per heavy atom. The average molecular weight is 375 g/mol. The molecule has 6 heteroatoms. The monoisotopic (exact) mass is 374 g/mol. The van der Waals surface area contributed by atoms with E-state index < -0.39 is 17.4 Å². The van der Waals surface area contributed by atoms with Crippen molar-refractivity contribution in [1.82, 2.24) is 0 Å². The van der Waals surface area contributed by atoms with Crippen molar-refractivity contribution in [2.75, 3.05) is 18.1 Å². The van der Waals surface area contributed by atoms with Crippen molar-refractivity contribution in [2.24, 2.45) is 0 Å². The summed E-state index contributed by atoms with van der Waals surface area (Å²) in [5.74, 6) is -0.409. The molecule has 1 N–H and O–H groups in total. The lowest BCUT2D eigenvalue weighted by atomic mass is 9.78. The van der Waals surface area contributed by atoms with Gasteiger partial charge >= 0.3 is 11.9 Å². The number of carboxylic acids is 1. The summed E-state index contributed by atoms with van der Waals surface area (Å²) < 4.78 is 5.87. The van der Waals surface area contributed by atoms with Gasteiger partial charge in [-0.15, -0.1) is 0 Å². The fourth-order valence-electron chi connectivity index (χ4n) is 2.04. The Morgan fingerprint density at radius 3 is 2.38 bits per heavy atom. The van der Waals surface area contributed by atoms with Crippen molar-refractivity contribution in [3.05, 3.63) is 34.3 Å². The number of rotatable bonds is 8. The van der Waals surface area contributed by atoms with Gasteiger partial charge in [0.2, 0.25) is 0 Å². The minimum Gasteiger partial charge on any atom is -0.480 e. The van der Waals surface area contributed by atoms with Crippen LogP contribution in [0.3, 0.4) is 0 Å². The van der Waals surface area contributed by atoms with E-state index in [4.69, 9.17) is 4.74 Å². The maximum Gasteiger partial charge on any atom is 0.328 e. The molecule has 1 unspecified atom stereocenters. The van der Waals surface area contributed by atoms with Gasteiger partial charge in [-0.25, -0.2) is 0 Å². The lowest BCUT2D eigenvalue weighted by Gasteiger charge is -2.27. The fourth-order valence-corrected chi connectivity index (χ4v) is 3.04. The van der Waals surface area contributed by atoms with Gasteiger partial charge in [0.05, 0.1) is 6.61 Å². The molecule has 0 radical (unpaired) electrons. The van der Waals surface area contributed by atoms with E-state index in [2.05, 4.69) is 15.9 Å². The summed E-state index contributed by atoms with van der Waals surface area (Å²) in [5, 5.41) is 9.72. The van der Waals surface area contributed by atoms with Gasteiger partial charge < -0.3 is 9.84 Å². The van der Waals surface area contributed by atoms with E-state index in [0.29, 0.717) is 11.3 Å². The predicted molar refractivity (Wildman–Crippen MR) is 87.7 cm³/mol. The van der Waals surface area contributed by atoms with Crippen molar-refractivity contribution in [1.29, 1.82) is 0 Å². The van der Waals surface area contributed by atoms with Crippen molar-refractivity contribution in [3.8, 4) is 0 Å². The van der Waals surface area contributed by atoms with Gasteiger partial charge in [-0.3, -0.25) is 9.59 Å². The molecule has 0 heterocycles. The highest BCUT2D eigenvalue weighted by Crippen LogP contribution is 2.33. The third-order valence-corrected chi connectivity index (χ3v) is 4.58. The maximum absolute atomic E-state index is 12.4. The predicted octanol–water partition coefficient (Wildman–Crippen LogP) is 3.48. The molecule has 116 valence electrons. The second-order valence-electron chi connectivity index (χ2n) is 4.38. The lowest BCUT2D eigenvalue weighted by molar-refractivity contribution is -0.161. The van der Waals surface area contributed by atoms with Gasteiger partial charge in [-0.2, -0.15) is 11.8 Å². The van der Waals surface area contributed by atoms with Crippen LogP contribution in [0.5, 0.6) is 0 Å². The van der Waals surface area contributed by atoms with Gasteiger partial charge in [-0.1, -0.05) is 35.0 Å². The number of aliphatic carboxylic acids is 1. The summed E-state index contributed by atoms with van der Waals surface area (Å²) >= 11 is 4.92. The number of hydrogen-bond donors (Lipinski definition) is 1. The van der Waals surface area contributed by atoms with Crippen LogP contribution >= 0.6 is 27.7 Å². The largest absolute Gasteiger partial charge is 0.480 e. The highest BCUT2D eigenvalue weighted by atomic mass is 79.9. The number of carbonyl (C=O) groups is 2. The molecule has 1 aromatic carbocycles. The Morgan fingerprint density at radius 2 is 1.90 bits per heavy atom. The van der Waals surface area contributed by atoms with Crippen LogP contribution in [0.2, 0.25) is 0 Å². The molecule has 21 heavy (non-hydrogen) atoms.